The maximum atomic E-state index is 5.76. The van der Waals surface area contributed by atoms with Crippen LogP contribution in [0, 0.1) is 0 Å². The minimum Gasteiger partial charge on any atom is -0.383 e. The van der Waals surface area contributed by atoms with Crippen LogP contribution in [0.1, 0.15) is 34.1 Å². The molecule has 3 atom stereocenters. The topological polar surface area (TPSA) is 33.7 Å². The SMILES string of the molecule is CCC1COC(C)CN1C(CNC(C)C)COC. The zero-order valence-electron chi connectivity index (χ0n) is 12.6. The van der Waals surface area contributed by atoms with Crippen molar-refractivity contribution in [3.05, 3.63) is 0 Å². The molecule has 0 spiro atoms. The van der Waals surface area contributed by atoms with Crippen molar-refractivity contribution in [2.75, 3.05) is 33.4 Å². The fourth-order valence-corrected chi connectivity index (χ4v) is 2.51. The Bertz CT molecular complexity index is 224. The third-order valence-electron chi connectivity index (χ3n) is 3.57. The summed E-state index contributed by atoms with van der Waals surface area (Å²) in [5.41, 5.74) is 0. The maximum absolute atomic E-state index is 5.76. The molecule has 1 rings (SSSR count). The summed E-state index contributed by atoms with van der Waals surface area (Å²) in [5, 5.41) is 3.52. The number of hydrogen-bond acceptors (Lipinski definition) is 4. The summed E-state index contributed by atoms with van der Waals surface area (Å²) in [7, 11) is 1.78. The molecule has 0 bridgehead atoms. The van der Waals surface area contributed by atoms with Crippen LogP contribution in [0.2, 0.25) is 0 Å². The van der Waals surface area contributed by atoms with Crippen LogP contribution in [0.15, 0.2) is 0 Å². The zero-order chi connectivity index (χ0) is 13.5. The van der Waals surface area contributed by atoms with E-state index in [1.165, 1.54) is 0 Å². The first-order valence-electron chi connectivity index (χ1n) is 7.18. The summed E-state index contributed by atoms with van der Waals surface area (Å²) >= 11 is 0. The van der Waals surface area contributed by atoms with Gasteiger partial charge in [-0.2, -0.15) is 0 Å². The molecule has 1 heterocycles. The lowest BCUT2D eigenvalue weighted by atomic mass is 10.1. The molecule has 0 radical (unpaired) electrons. The van der Waals surface area contributed by atoms with Gasteiger partial charge in [0.1, 0.15) is 0 Å². The van der Waals surface area contributed by atoms with Crippen molar-refractivity contribution in [1.82, 2.24) is 10.2 Å². The van der Waals surface area contributed by atoms with Gasteiger partial charge in [-0.3, -0.25) is 4.90 Å². The highest BCUT2D eigenvalue weighted by Crippen LogP contribution is 2.17. The summed E-state index contributed by atoms with van der Waals surface area (Å²) in [4.78, 5) is 2.56. The molecule has 1 aliphatic heterocycles. The van der Waals surface area contributed by atoms with E-state index in [0.29, 0.717) is 24.2 Å². The van der Waals surface area contributed by atoms with Gasteiger partial charge < -0.3 is 14.8 Å². The Morgan fingerprint density at radius 2 is 2.17 bits per heavy atom. The Balaban J connectivity index is 2.61. The van der Waals surface area contributed by atoms with E-state index < -0.39 is 0 Å². The monoisotopic (exact) mass is 258 g/mol. The van der Waals surface area contributed by atoms with Gasteiger partial charge in [-0.05, 0) is 13.3 Å². The van der Waals surface area contributed by atoms with E-state index in [0.717, 1.165) is 32.7 Å². The smallest absolute Gasteiger partial charge is 0.0674 e. The van der Waals surface area contributed by atoms with E-state index in [4.69, 9.17) is 9.47 Å². The molecule has 0 aromatic heterocycles. The van der Waals surface area contributed by atoms with Gasteiger partial charge in [0.05, 0.1) is 19.3 Å². The van der Waals surface area contributed by atoms with E-state index in [-0.39, 0.29) is 0 Å². The highest BCUT2D eigenvalue weighted by atomic mass is 16.5. The van der Waals surface area contributed by atoms with Gasteiger partial charge >= 0.3 is 0 Å². The van der Waals surface area contributed by atoms with Crippen LogP contribution in [0.25, 0.3) is 0 Å². The Morgan fingerprint density at radius 3 is 2.72 bits per heavy atom. The average Bonchev–Trinajstić information content (AvgIpc) is 2.34. The molecular formula is C14H30N2O2. The van der Waals surface area contributed by atoms with E-state index in [1.807, 2.05) is 0 Å². The Hall–Kier alpha value is -0.160. The summed E-state index contributed by atoms with van der Waals surface area (Å²) in [5.74, 6) is 0. The molecule has 4 heteroatoms. The van der Waals surface area contributed by atoms with Crippen molar-refractivity contribution in [3.8, 4) is 0 Å². The molecule has 0 aromatic carbocycles. The van der Waals surface area contributed by atoms with Crippen LogP contribution in [-0.4, -0.2) is 62.5 Å². The first-order valence-corrected chi connectivity index (χ1v) is 7.18. The summed E-state index contributed by atoms with van der Waals surface area (Å²) in [6, 6.07) is 1.48. The maximum Gasteiger partial charge on any atom is 0.0674 e. The molecule has 18 heavy (non-hydrogen) atoms. The molecule has 0 aliphatic carbocycles. The average molecular weight is 258 g/mol. The third-order valence-corrected chi connectivity index (χ3v) is 3.57. The zero-order valence-corrected chi connectivity index (χ0v) is 12.6. The molecule has 0 aromatic rings. The minimum atomic E-state index is 0.325. The first kappa shape index (κ1) is 15.9. The number of rotatable bonds is 7. The number of hydrogen-bond donors (Lipinski definition) is 1. The standard InChI is InChI=1S/C14H30N2O2/c1-6-13-10-18-12(4)8-16(13)14(9-17-5)7-15-11(2)3/h11-15H,6-10H2,1-5H3. The van der Waals surface area contributed by atoms with E-state index in [2.05, 4.69) is 37.9 Å². The van der Waals surface area contributed by atoms with Gasteiger partial charge in [0.25, 0.3) is 0 Å². The second-order valence-corrected chi connectivity index (χ2v) is 5.57. The van der Waals surface area contributed by atoms with Crippen LogP contribution < -0.4 is 5.32 Å². The van der Waals surface area contributed by atoms with Gasteiger partial charge in [-0.15, -0.1) is 0 Å². The third kappa shape index (κ3) is 4.84. The lowest BCUT2D eigenvalue weighted by molar-refractivity contribution is -0.0818. The number of morpholine rings is 1. The largest absolute Gasteiger partial charge is 0.383 e. The van der Waals surface area contributed by atoms with Crippen LogP contribution >= 0.6 is 0 Å². The van der Waals surface area contributed by atoms with Gasteiger partial charge in [0.15, 0.2) is 0 Å². The fourth-order valence-electron chi connectivity index (χ4n) is 2.51. The number of methoxy groups -OCH3 is 1. The second kappa shape index (κ2) is 8.10. The molecule has 0 amide bonds. The molecule has 0 saturated carbocycles. The van der Waals surface area contributed by atoms with Crippen molar-refractivity contribution in [3.63, 3.8) is 0 Å². The van der Waals surface area contributed by atoms with Crippen LogP contribution in [0.5, 0.6) is 0 Å². The number of ether oxygens (including phenoxy) is 2. The second-order valence-electron chi connectivity index (χ2n) is 5.57. The van der Waals surface area contributed by atoms with Crippen LogP contribution in [0.3, 0.4) is 0 Å². The highest BCUT2D eigenvalue weighted by Gasteiger charge is 2.31. The van der Waals surface area contributed by atoms with E-state index in [1.54, 1.807) is 7.11 Å². The Labute approximate surface area is 112 Å². The minimum absolute atomic E-state index is 0.325. The van der Waals surface area contributed by atoms with Gasteiger partial charge in [-0.1, -0.05) is 20.8 Å². The molecular weight excluding hydrogens is 228 g/mol. The molecule has 4 nitrogen and oxygen atoms in total. The molecule has 1 saturated heterocycles. The molecule has 1 aliphatic rings. The lowest BCUT2D eigenvalue weighted by Crippen LogP contribution is -2.57. The summed E-state index contributed by atoms with van der Waals surface area (Å²) in [6.07, 6.45) is 1.46. The van der Waals surface area contributed by atoms with Crippen LogP contribution in [-0.2, 0) is 9.47 Å². The normalized spacial score (nSPS) is 27.7. The molecule has 1 fully saturated rings. The van der Waals surface area contributed by atoms with Gasteiger partial charge in [0.2, 0.25) is 0 Å². The van der Waals surface area contributed by atoms with Crippen molar-refractivity contribution >= 4 is 0 Å². The quantitative estimate of drug-likeness (QED) is 0.750. The number of nitrogens with one attached hydrogen (secondary N) is 1. The molecule has 1 N–H and O–H groups in total. The predicted molar refractivity (Wildman–Crippen MR) is 75.0 cm³/mol. The van der Waals surface area contributed by atoms with Crippen molar-refractivity contribution < 1.29 is 9.47 Å². The lowest BCUT2D eigenvalue weighted by Gasteiger charge is -2.43. The van der Waals surface area contributed by atoms with Crippen molar-refractivity contribution in [2.45, 2.75) is 58.3 Å². The van der Waals surface area contributed by atoms with Crippen molar-refractivity contribution in [2.24, 2.45) is 0 Å². The Kier molecular flexibility index (Phi) is 7.15. The first-order chi connectivity index (χ1) is 8.58. The predicted octanol–water partition coefficient (Wildman–Crippen LogP) is 1.50. The van der Waals surface area contributed by atoms with Crippen molar-refractivity contribution in [1.29, 1.82) is 0 Å². The molecule has 108 valence electrons. The van der Waals surface area contributed by atoms with Crippen LogP contribution in [0.4, 0.5) is 0 Å². The van der Waals surface area contributed by atoms with E-state index >= 15 is 0 Å². The summed E-state index contributed by atoms with van der Waals surface area (Å²) < 4.78 is 11.2. The fraction of sp³-hybridized carbons (Fsp3) is 1.00. The Morgan fingerprint density at radius 1 is 1.44 bits per heavy atom. The highest BCUT2D eigenvalue weighted by molar-refractivity contribution is 4.85. The number of nitrogens with zero attached hydrogens (tertiary/aromatic N) is 1. The van der Waals surface area contributed by atoms with Gasteiger partial charge in [0, 0.05) is 38.3 Å². The molecule has 3 unspecified atom stereocenters. The summed E-state index contributed by atoms with van der Waals surface area (Å²) in [6.45, 7) is 12.4. The van der Waals surface area contributed by atoms with Gasteiger partial charge in [-0.25, -0.2) is 0 Å². The van der Waals surface area contributed by atoms with E-state index in [9.17, 15) is 0 Å².